The Kier molecular flexibility index (Phi) is 5.72. The number of hydrogen-bond acceptors (Lipinski definition) is 3. The Morgan fingerprint density at radius 3 is 2.50 bits per heavy atom. The van der Waals surface area contributed by atoms with E-state index in [4.69, 9.17) is 0 Å². The van der Waals surface area contributed by atoms with E-state index in [1.54, 1.807) is 4.90 Å². The molecule has 1 amide bonds. The Morgan fingerprint density at radius 2 is 1.91 bits per heavy atom. The zero-order chi connectivity index (χ0) is 16.1. The molecule has 2 rings (SSSR count). The van der Waals surface area contributed by atoms with Gasteiger partial charge in [0.15, 0.2) is 0 Å². The lowest BCUT2D eigenvalue weighted by atomic mass is 10.1. The summed E-state index contributed by atoms with van der Waals surface area (Å²) in [6, 6.07) is 8.43. The molecule has 0 N–H and O–H groups in total. The molecule has 3 nitrogen and oxygen atoms in total. The molecule has 1 heterocycles. The second-order valence-electron chi connectivity index (χ2n) is 5.56. The molecule has 22 heavy (non-hydrogen) atoms. The average molecular weight is 316 g/mol. The van der Waals surface area contributed by atoms with Crippen molar-refractivity contribution in [1.29, 1.82) is 0 Å². The molecule has 0 saturated carbocycles. The summed E-state index contributed by atoms with van der Waals surface area (Å²) in [5, 5.41) is 0.924. The number of carbonyl (C=O) groups is 1. The fraction of sp³-hybridized carbons (Fsp3) is 0.444. The first-order valence-corrected chi connectivity index (χ1v) is 8.70. The summed E-state index contributed by atoms with van der Waals surface area (Å²) in [5.41, 5.74) is 3.22. The van der Waals surface area contributed by atoms with Gasteiger partial charge in [-0.3, -0.25) is 4.79 Å². The maximum Gasteiger partial charge on any atom is 0.265 e. The van der Waals surface area contributed by atoms with Crippen molar-refractivity contribution in [2.75, 3.05) is 13.6 Å². The predicted octanol–water partition coefficient (Wildman–Crippen LogP) is 4.55. The number of nitrogens with zero attached hydrogens (tertiary/aromatic N) is 2. The first-order valence-electron chi connectivity index (χ1n) is 7.89. The minimum absolute atomic E-state index is 0.0832. The van der Waals surface area contributed by atoms with E-state index < -0.39 is 0 Å². The van der Waals surface area contributed by atoms with E-state index in [1.807, 2.05) is 14.0 Å². The molecule has 0 spiro atoms. The Bertz CT molecular complexity index is 631. The number of rotatable bonds is 6. The maximum atomic E-state index is 12.5. The van der Waals surface area contributed by atoms with Crippen molar-refractivity contribution in [3.8, 4) is 10.6 Å². The third-order valence-electron chi connectivity index (χ3n) is 3.79. The minimum Gasteiger partial charge on any atom is -0.341 e. The lowest BCUT2D eigenvalue weighted by Gasteiger charge is -2.15. The van der Waals surface area contributed by atoms with Crippen molar-refractivity contribution in [3.05, 3.63) is 40.4 Å². The van der Waals surface area contributed by atoms with E-state index in [0.29, 0.717) is 0 Å². The molecule has 118 valence electrons. The average Bonchev–Trinajstić information content (AvgIpc) is 2.93. The van der Waals surface area contributed by atoms with Crippen molar-refractivity contribution in [3.63, 3.8) is 0 Å². The smallest absolute Gasteiger partial charge is 0.265 e. The van der Waals surface area contributed by atoms with Gasteiger partial charge >= 0.3 is 0 Å². The Balaban J connectivity index is 2.21. The number of hydrogen-bond donors (Lipinski definition) is 0. The van der Waals surface area contributed by atoms with Crippen LogP contribution in [0.15, 0.2) is 24.3 Å². The van der Waals surface area contributed by atoms with E-state index in [0.717, 1.165) is 46.9 Å². The van der Waals surface area contributed by atoms with E-state index in [2.05, 4.69) is 43.1 Å². The molecule has 0 aliphatic rings. The van der Waals surface area contributed by atoms with Crippen molar-refractivity contribution < 1.29 is 4.79 Å². The van der Waals surface area contributed by atoms with Crippen LogP contribution in [0, 0.1) is 6.92 Å². The second-order valence-corrected chi connectivity index (χ2v) is 6.56. The third-order valence-corrected chi connectivity index (χ3v) is 4.99. The molecule has 0 atom stereocenters. The fourth-order valence-corrected chi connectivity index (χ4v) is 3.34. The van der Waals surface area contributed by atoms with Crippen molar-refractivity contribution in [1.82, 2.24) is 9.88 Å². The number of thiazole rings is 1. The van der Waals surface area contributed by atoms with E-state index in [9.17, 15) is 4.79 Å². The third kappa shape index (κ3) is 3.74. The Labute approximate surface area is 137 Å². The van der Waals surface area contributed by atoms with Gasteiger partial charge in [0, 0.05) is 19.2 Å². The molecular formula is C18H24N2OS. The first-order chi connectivity index (χ1) is 10.6. The lowest BCUT2D eigenvalue weighted by Crippen LogP contribution is -2.27. The quantitative estimate of drug-likeness (QED) is 0.783. The number of unbranched alkanes of at least 4 members (excludes halogenated alkanes) is 1. The summed E-state index contributed by atoms with van der Waals surface area (Å²) < 4.78 is 0. The Morgan fingerprint density at radius 1 is 1.23 bits per heavy atom. The van der Waals surface area contributed by atoms with Gasteiger partial charge in [-0.1, -0.05) is 44.5 Å². The monoisotopic (exact) mass is 316 g/mol. The maximum absolute atomic E-state index is 12.5. The highest BCUT2D eigenvalue weighted by Crippen LogP contribution is 2.29. The molecule has 0 radical (unpaired) electrons. The highest BCUT2D eigenvalue weighted by molar-refractivity contribution is 7.17. The standard InChI is InChI=1S/C18H24N2OS/c1-5-7-12-20(4)18(21)16-13(3)19-17(22-16)15-10-8-14(6-2)9-11-15/h8-11H,5-7,12H2,1-4H3. The second kappa shape index (κ2) is 7.54. The van der Waals surface area contributed by atoms with Gasteiger partial charge in [0.25, 0.3) is 5.91 Å². The number of carbonyl (C=O) groups excluding carboxylic acids is 1. The van der Waals surface area contributed by atoms with Gasteiger partial charge in [0.2, 0.25) is 0 Å². The molecule has 1 aromatic carbocycles. The van der Waals surface area contributed by atoms with Gasteiger partial charge in [-0.25, -0.2) is 4.98 Å². The van der Waals surface area contributed by atoms with Crippen molar-refractivity contribution in [2.24, 2.45) is 0 Å². The summed E-state index contributed by atoms with van der Waals surface area (Å²) in [6.07, 6.45) is 3.16. The molecule has 0 saturated heterocycles. The normalized spacial score (nSPS) is 10.7. The molecule has 2 aromatic rings. The number of benzene rings is 1. The summed E-state index contributed by atoms with van der Waals surface area (Å²) in [5.74, 6) is 0.0832. The van der Waals surface area contributed by atoms with Gasteiger partial charge in [0.1, 0.15) is 9.88 Å². The van der Waals surface area contributed by atoms with Crippen LogP contribution in [0.5, 0.6) is 0 Å². The van der Waals surface area contributed by atoms with Gasteiger partial charge in [0.05, 0.1) is 5.69 Å². The van der Waals surface area contributed by atoms with Crippen LogP contribution in [-0.2, 0) is 6.42 Å². The summed E-state index contributed by atoms with van der Waals surface area (Å²) in [7, 11) is 1.87. The van der Waals surface area contributed by atoms with Gasteiger partial charge in [-0.05, 0) is 25.3 Å². The van der Waals surface area contributed by atoms with Gasteiger partial charge in [-0.2, -0.15) is 0 Å². The zero-order valence-corrected chi connectivity index (χ0v) is 14.7. The largest absolute Gasteiger partial charge is 0.341 e. The lowest BCUT2D eigenvalue weighted by molar-refractivity contribution is 0.0797. The zero-order valence-electron chi connectivity index (χ0n) is 13.8. The van der Waals surface area contributed by atoms with E-state index >= 15 is 0 Å². The van der Waals surface area contributed by atoms with Crippen molar-refractivity contribution >= 4 is 17.2 Å². The van der Waals surface area contributed by atoms with Crippen LogP contribution in [0.3, 0.4) is 0 Å². The van der Waals surface area contributed by atoms with Crippen LogP contribution in [0.25, 0.3) is 10.6 Å². The van der Waals surface area contributed by atoms with Crippen LogP contribution in [-0.4, -0.2) is 29.4 Å². The van der Waals surface area contributed by atoms with E-state index in [1.165, 1.54) is 16.9 Å². The molecule has 0 fully saturated rings. The summed E-state index contributed by atoms with van der Waals surface area (Å²) in [6.45, 7) is 6.99. The predicted molar refractivity (Wildman–Crippen MR) is 93.5 cm³/mol. The summed E-state index contributed by atoms with van der Waals surface area (Å²) >= 11 is 1.49. The van der Waals surface area contributed by atoms with Crippen LogP contribution in [0.1, 0.15) is 47.6 Å². The number of amides is 1. The van der Waals surface area contributed by atoms with Crippen LogP contribution in [0.4, 0.5) is 0 Å². The topological polar surface area (TPSA) is 33.2 Å². The molecule has 1 aromatic heterocycles. The summed E-state index contributed by atoms with van der Waals surface area (Å²) in [4.78, 5) is 19.7. The highest BCUT2D eigenvalue weighted by atomic mass is 32.1. The van der Waals surface area contributed by atoms with Crippen LogP contribution < -0.4 is 0 Å². The minimum atomic E-state index is 0.0832. The Hall–Kier alpha value is -1.68. The molecule has 0 aliphatic carbocycles. The number of aryl methyl sites for hydroxylation is 2. The van der Waals surface area contributed by atoms with Crippen molar-refractivity contribution in [2.45, 2.75) is 40.0 Å². The molecule has 0 unspecified atom stereocenters. The van der Waals surface area contributed by atoms with Crippen LogP contribution >= 0.6 is 11.3 Å². The molecule has 0 aliphatic heterocycles. The molecular weight excluding hydrogens is 292 g/mol. The van der Waals surface area contributed by atoms with E-state index in [-0.39, 0.29) is 5.91 Å². The fourth-order valence-electron chi connectivity index (χ4n) is 2.27. The molecule has 0 bridgehead atoms. The SMILES string of the molecule is CCCCN(C)C(=O)c1sc(-c2ccc(CC)cc2)nc1C. The highest BCUT2D eigenvalue weighted by Gasteiger charge is 2.19. The first kappa shape index (κ1) is 16.7. The molecule has 4 heteroatoms. The van der Waals surface area contributed by atoms with Crippen LogP contribution in [0.2, 0.25) is 0 Å². The van der Waals surface area contributed by atoms with Gasteiger partial charge in [-0.15, -0.1) is 11.3 Å². The van der Waals surface area contributed by atoms with Gasteiger partial charge < -0.3 is 4.90 Å². The number of aromatic nitrogens is 1.